The van der Waals surface area contributed by atoms with Gasteiger partial charge in [0.1, 0.15) is 13.2 Å². The van der Waals surface area contributed by atoms with E-state index in [-0.39, 0.29) is 31.1 Å². The molecule has 0 unspecified atom stereocenters. The molecule has 0 bridgehead atoms. The normalized spacial score (nSPS) is 12.0. The molecule has 0 N–H and O–H groups in total. The van der Waals surface area contributed by atoms with Crippen molar-refractivity contribution in [1.82, 2.24) is 0 Å². The second-order valence-corrected chi connectivity index (χ2v) is 19.2. The van der Waals surface area contributed by atoms with E-state index in [4.69, 9.17) is 14.2 Å². The summed E-state index contributed by atoms with van der Waals surface area (Å²) in [5, 5.41) is 0. The molecular weight excluding hydrogens is 781 g/mol. The van der Waals surface area contributed by atoms with Crippen LogP contribution in [0.1, 0.15) is 316 Å². The number of rotatable bonds is 52. The third kappa shape index (κ3) is 51.0. The van der Waals surface area contributed by atoms with Gasteiger partial charge in [-0.15, -0.1) is 0 Å². The van der Waals surface area contributed by atoms with Crippen molar-refractivity contribution in [3.05, 3.63) is 12.2 Å². The minimum absolute atomic E-state index is 0.0666. The first kappa shape index (κ1) is 61.1. The van der Waals surface area contributed by atoms with Crippen LogP contribution in [0.4, 0.5) is 0 Å². The van der Waals surface area contributed by atoms with Crippen LogP contribution < -0.4 is 0 Å². The smallest absolute Gasteiger partial charge is 0.306 e. The van der Waals surface area contributed by atoms with E-state index in [9.17, 15) is 14.4 Å². The summed E-state index contributed by atoms with van der Waals surface area (Å²) in [4.78, 5) is 38.1. The molecule has 0 heterocycles. The lowest BCUT2D eigenvalue weighted by Gasteiger charge is -2.18. The zero-order valence-electron chi connectivity index (χ0n) is 42.6. The van der Waals surface area contributed by atoms with Crippen molar-refractivity contribution in [3.8, 4) is 0 Å². The van der Waals surface area contributed by atoms with Crippen LogP contribution in [0.5, 0.6) is 0 Å². The van der Waals surface area contributed by atoms with Gasteiger partial charge in [-0.3, -0.25) is 14.4 Å². The Morgan fingerprint density at radius 3 is 0.794 bits per heavy atom. The molecule has 0 rings (SSSR count). The van der Waals surface area contributed by atoms with Gasteiger partial charge in [0.25, 0.3) is 0 Å². The zero-order chi connectivity index (χ0) is 45.8. The van der Waals surface area contributed by atoms with Gasteiger partial charge in [-0.1, -0.05) is 264 Å². The lowest BCUT2D eigenvalue weighted by atomic mass is 10.0. The second kappa shape index (κ2) is 52.8. The summed E-state index contributed by atoms with van der Waals surface area (Å²) in [6.07, 6.45) is 59.1. The highest BCUT2D eigenvalue weighted by Gasteiger charge is 2.19. The van der Waals surface area contributed by atoms with Crippen LogP contribution >= 0.6 is 0 Å². The summed E-state index contributed by atoms with van der Waals surface area (Å²) in [6.45, 7) is 6.68. The summed E-state index contributed by atoms with van der Waals surface area (Å²) < 4.78 is 16.9. The Morgan fingerprint density at radius 1 is 0.302 bits per heavy atom. The van der Waals surface area contributed by atoms with Gasteiger partial charge < -0.3 is 14.2 Å². The summed E-state index contributed by atoms with van der Waals surface area (Å²) in [5.74, 6) is -0.853. The Bertz CT molecular complexity index is 978. The number of hydrogen-bond acceptors (Lipinski definition) is 6. The largest absolute Gasteiger partial charge is 0.462 e. The summed E-state index contributed by atoms with van der Waals surface area (Å²) >= 11 is 0. The van der Waals surface area contributed by atoms with Crippen molar-refractivity contribution in [2.45, 2.75) is 322 Å². The first-order valence-electron chi connectivity index (χ1n) is 28.2. The van der Waals surface area contributed by atoms with E-state index in [0.717, 1.165) is 64.2 Å². The molecule has 0 saturated carbocycles. The van der Waals surface area contributed by atoms with E-state index < -0.39 is 6.10 Å². The Morgan fingerprint density at radius 2 is 0.524 bits per heavy atom. The maximum Gasteiger partial charge on any atom is 0.306 e. The standard InChI is InChI=1S/C57H108O6/c1-4-7-10-13-16-19-22-25-28-30-32-35-38-41-44-47-50-56(59)62-53-54(52-61-55(58)49-46-43-40-37-34-31-27-24-21-18-15-12-9-6-3)63-57(60)51-48-45-42-39-36-33-29-26-23-20-17-14-11-8-5-2/h24,27,54H,4-23,25-26,28-53H2,1-3H3/b27-24-/t54-/m1/s1. The number of unbranched alkanes of at least 4 members (excludes halogenated alkanes) is 39. The average molecular weight is 889 g/mol. The van der Waals surface area contributed by atoms with Crippen LogP contribution in [-0.2, 0) is 28.6 Å². The fourth-order valence-electron chi connectivity index (χ4n) is 8.50. The van der Waals surface area contributed by atoms with E-state index in [1.54, 1.807) is 0 Å². The average Bonchev–Trinajstić information content (AvgIpc) is 3.28. The molecule has 0 radical (unpaired) electrons. The van der Waals surface area contributed by atoms with Crippen molar-refractivity contribution in [3.63, 3.8) is 0 Å². The lowest BCUT2D eigenvalue weighted by Crippen LogP contribution is -2.30. The summed E-state index contributed by atoms with van der Waals surface area (Å²) in [7, 11) is 0. The number of ether oxygens (including phenoxy) is 3. The molecule has 0 aromatic carbocycles. The first-order valence-corrected chi connectivity index (χ1v) is 28.2. The minimum Gasteiger partial charge on any atom is -0.462 e. The van der Waals surface area contributed by atoms with Crippen LogP contribution in [-0.4, -0.2) is 37.2 Å². The van der Waals surface area contributed by atoms with Gasteiger partial charge in [0, 0.05) is 19.3 Å². The molecule has 0 amide bonds. The molecule has 0 aliphatic rings. The van der Waals surface area contributed by atoms with Gasteiger partial charge in [0.2, 0.25) is 0 Å². The molecule has 372 valence electrons. The first-order chi connectivity index (χ1) is 31.0. The van der Waals surface area contributed by atoms with Gasteiger partial charge in [0.05, 0.1) is 0 Å². The molecule has 0 aliphatic heterocycles. The van der Waals surface area contributed by atoms with Crippen molar-refractivity contribution in [1.29, 1.82) is 0 Å². The molecule has 0 aliphatic carbocycles. The molecular formula is C57H108O6. The third-order valence-corrected chi connectivity index (χ3v) is 12.8. The van der Waals surface area contributed by atoms with Crippen molar-refractivity contribution >= 4 is 17.9 Å². The topological polar surface area (TPSA) is 78.9 Å². The number of esters is 3. The SMILES string of the molecule is CCCCCCC/C=C\CCCCCCCC(=O)OC[C@H](COC(=O)CCCCCCCCCCCCCCCCCC)OC(=O)CCCCCCCCCCCCCCCCC. The Labute approximate surface area is 392 Å². The van der Waals surface area contributed by atoms with Gasteiger partial charge in [-0.05, 0) is 44.9 Å². The lowest BCUT2D eigenvalue weighted by molar-refractivity contribution is -0.167. The molecule has 6 nitrogen and oxygen atoms in total. The van der Waals surface area contributed by atoms with Gasteiger partial charge in [-0.25, -0.2) is 0 Å². The van der Waals surface area contributed by atoms with Gasteiger partial charge >= 0.3 is 17.9 Å². The maximum atomic E-state index is 12.8. The van der Waals surface area contributed by atoms with Crippen LogP contribution in [0.25, 0.3) is 0 Å². The molecule has 1 atom stereocenters. The number of hydrogen-bond donors (Lipinski definition) is 0. The molecule has 0 aromatic heterocycles. The van der Waals surface area contributed by atoms with Gasteiger partial charge in [0.15, 0.2) is 6.10 Å². The highest BCUT2D eigenvalue weighted by molar-refractivity contribution is 5.71. The van der Waals surface area contributed by atoms with Crippen LogP contribution in [0.15, 0.2) is 12.2 Å². The van der Waals surface area contributed by atoms with Crippen molar-refractivity contribution in [2.24, 2.45) is 0 Å². The number of carbonyl (C=O) groups is 3. The van der Waals surface area contributed by atoms with E-state index in [1.807, 2.05) is 0 Å². The zero-order valence-corrected chi connectivity index (χ0v) is 42.6. The Balaban J connectivity index is 4.32. The number of carbonyl (C=O) groups excluding carboxylic acids is 3. The Hall–Kier alpha value is -1.85. The predicted octanol–water partition coefficient (Wildman–Crippen LogP) is 18.5. The van der Waals surface area contributed by atoms with E-state index in [1.165, 1.54) is 212 Å². The third-order valence-electron chi connectivity index (χ3n) is 12.8. The molecule has 63 heavy (non-hydrogen) atoms. The highest BCUT2D eigenvalue weighted by Crippen LogP contribution is 2.17. The molecule has 0 saturated heterocycles. The van der Waals surface area contributed by atoms with Crippen LogP contribution in [0.3, 0.4) is 0 Å². The van der Waals surface area contributed by atoms with Crippen molar-refractivity contribution < 1.29 is 28.6 Å². The van der Waals surface area contributed by atoms with Crippen LogP contribution in [0.2, 0.25) is 0 Å². The fraction of sp³-hybridized carbons (Fsp3) is 0.912. The second-order valence-electron chi connectivity index (χ2n) is 19.2. The molecule has 0 fully saturated rings. The summed E-state index contributed by atoms with van der Waals surface area (Å²) in [5.41, 5.74) is 0. The van der Waals surface area contributed by atoms with E-state index in [2.05, 4.69) is 32.9 Å². The quantitative estimate of drug-likeness (QED) is 0.0262. The molecule has 0 aromatic rings. The predicted molar refractivity (Wildman–Crippen MR) is 270 cm³/mol. The summed E-state index contributed by atoms with van der Waals surface area (Å²) in [6, 6.07) is 0. The highest BCUT2D eigenvalue weighted by atomic mass is 16.6. The van der Waals surface area contributed by atoms with E-state index >= 15 is 0 Å². The van der Waals surface area contributed by atoms with Crippen LogP contribution in [0, 0.1) is 0 Å². The van der Waals surface area contributed by atoms with E-state index in [0.29, 0.717) is 19.3 Å². The number of allylic oxidation sites excluding steroid dienone is 2. The molecule has 6 heteroatoms. The maximum absolute atomic E-state index is 12.8. The van der Waals surface area contributed by atoms with Crippen molar-refractivity contribution in [2.75, 3.05) is 13.2 Å². The Kier molecular flexibility index (Phi) is 51.2. The fourth-order valence-corrected chi connectivity index (χ4v) is 8.50. The van der Waals surface area contributed by atoms with Gasteiger partial charge in [-0.2, -0.15) is 0 Å². The minimum atomic E-state index is -0.767. The molecule has 0 spiro atoms. The monoisotopic (exact) mass is 889 g/mol.